The molecule has 4 heteroatoms. The Hall–Kier alpha value is -0.930. The van der Waals surface area contributed by atoms with Crippen LogP contribution in [0.5, 0.6) is 11.5 Å². The Morgan fingerprint density at radius 3 is 2.72 bits per heavy atom. The quantitative estimate of drug-likeness (QED) is 0.911. The van der Waals surface area contributed by atoms with Crippen LogP contribution in [-0.4, -0.2) is 20.3 Å². The smallest absolute Gasteiger partial charge is 0.161 e. The van der Waals surface area contributed by atoms with Gasteiger partial charge in [0.15, 0.2) is 11.5 Å². The molecule has 1 aromatic carbocycles. The molecule has 1 heterocycles. The maximum absolute atomic E-state index is 5.61. The lowest BCUT2D eigenvalue weighted by atomic mass is 9.97. The van der Waals surface area contributed by atoms with Gasteiger partial charge in [-0.05, 0) is 44.0 Å². The summed E-state index contributed by atoms with van der Waals surface area (Å²) < 4.78 is 10.9. The molecular weight excluding hydrogens is 250 g/mol. The first-order valence-electron chi connectivity index (χ1n) is 6.39. The van der Waals surface area contributed by atoms with Crippen molar-refractivity contribution in [2.75, 3.05) is 20.3 Å². The van der Waals surface area contributed by atoms with Crippen LogP contribution >= 0.6 is 12.4 Å². The summed E-state index contributed by atoms with van der Waals surface area (Å²) in [7, 11) is 1.68. The van der Waals surface area contributed by atoms with Gasteiger partial charge in [-0.25, -0.2) is 0 Å². The molecule has 0 saturated carbocycles. The standard InChI is InChI=1S/C14H21NO2.ClH/c1-3-17-14-10-11(7-8-13(14)16-2)12-6-4-5-9-15-12;/h7-8,10,12,15H,3-6,9H2,1-2H3;1H/t12-;/m1./s1. The molecule has 1 aliphatic rings. The maximum atomic E-state index is 5.61. The Kier molecular flexibility index (Phi) is 6.30. The van der Waals surface area contributed by atoms with Crippen LogP contribution in [0.15, 0.2) is 18.2 Å². The van der Waals surface area contributed by atoms with Crippen molar-refractivity contribution in [1.82, 2.24) is 5.32 Å². The third-order valence-electron chi connectivity index (χ3n) is 3.20. The van der Waals surface area contributed by atoms with E-state index in [1.54, 1.807) is 7.11 Å². The van der Waals surface area contributed by atoms with Crippen LogP contribution in [0.25, 0.3) is 0 Å². The normalized spacial score (nSPS) is 18.9. The zero-order chi connectivity index (χ0) is 12.1. The number of methoxy groups -OCH3 is 1. The highest BCUT2D eigenvalue weighted by Gasteiger charge is 2.16. The van der Waals surface area contributed by atoms with Crippen molar-refractivity contribution in [3.05, 3.63) is 23.8 Å². The summed E-state index contributed by atoms with van der Waals surface area (Å²) in [6.07, 6.45) is 3.79. The zero-order valence-corrected chi connectivity index (χ0v) is 11.9. The number of hydrogen-bond acceptors (Lipinski definition) is 3. The molecule has 3 nitrogen and oxygen atoms in total. The minimum atomic E-state index is 0. The van der Waals surface area contributed by atoms with E-state index in [1.807, 2.05) is 13.0 Å². The average molecular weight is 272 g/mol. The van der Waals surface area contributed by atoms with Gasteiger partial charge in [0.1, 0.15) is 0 Å². The third-order valence-corrected chi connectivity index (χ3v) is 3.20. The number of rotatable bonds is 4. The Morgan fingerprint density at radius 1 is 1.28 bits per heavy atom. The summed E-state index contributed by atoms with van der Waals surface area (Å²) in [4.78, 5) is 0. The summed E-state index contributed by atoms with van der Waals surface area (Å²) in [5.41, 5.74) is 1.30. The van der Waals surface area contributed by atoms with E-state index in [1.165, 1.54) is 24.8 Å². The highest BCUT2D eigenvalue weighted by atomic mass is 35.5. The van der Waals surface area contributed by atoms with Crippen molar-refractivity contribution in [3.8, 4) is 11.5 Å². The van der Waals surface area contributed by atoms with Gasteiger partial charge in [0.05, 0.1) is 13.7 Å². The number of piperidine rings is 1. The zero-order valence-electron chi connectivity index (χ0n) is 11.1. The highest BCUT2D eigenvalue weighted by molar-refractivity contribution is 5.85. The lowest BCUT2D eigenvalue weighted by Crippen LogP contribution is -2.26. The largest absolute Gasteiger partial charge is 0.493 e. The molecule has 0 spiro atoms. The van der Waals surface area contributed by atoms with E-state index in [2.05, 4.69) is 17.4 Å². The van der Waals surface area contributed by atoms with Crippen molar-refractivity contribution in [2.24, 2.45) is 0 Å². The van der Waals surface area contributed by atoms with E-state index in [-0.39, 0.29) is 12.4 Å². The number of nitrogens with one attached hydrogen (secondary N) is 1. The number of hydrogen-bond donors (Lipinski definition) is 1. The Bertz CT molecular complexity index is 365. The van der Waals surface area contributed by atoms with Crippen LogP contribution < -0.4 is 14.8 Å². The fourth-order valence-electron chi connectivity index (χ4n) is 2.31. The fraction of sp³-hybridized carbons (Fsp3) is 0.571. The molecule has 0 aliphatic carbocycles. The van der Waals surface area contributed by atoms with Crippen LogP contribution in [0.2, 0.25) is 0 Å². The molecule has 1 aromatic rings. The molecule has 1 fully saturated rings. The van der Waals surface area contributed by atoms with Gasteiger partial charge in [0, 0.05) is 6.04 Å². The first kappa shape index (κ1) is 15.1. The molecular formula is C14H22ClNO2. The molecule has 0 unspecified atom stereocenters. The lowest BCUT2D eigenvalue weighted by molar-refractivity contribution is 0.309. The average Bonchev–Trinajstić information content (AvgIpc) is 2.40. The minimum Gasteiger partial charge on any atom is -0.493 e. The van der Waals surface area contributed by atoms with Gasteiger partial charge in [0.2, 0.25) is 0 Å². The van der Waals surface area contributed by atoms with Crippen LogP contribution in [0.4, 0.5) is 0 Å². The van der Waals surface area contributed by atoms with E-state index < -0.39 is 0 Å². The Morgan fingerprint density at radius 2 is 2.11 bits per heavy atom. The molecule has 0 bridgehead atoms. The fourth-order valence-corrected chi connectivity index (χ4v) is 2.31. The predicted molar refractivity (Wildman–Crippen MR) is 76.0 cm³/mol. The van der Waals surface area contributed by atoms with Gasteiger partial charge in [0.25, 0.3) is 0 Å². The third kappa shape index (κ3) is 3.53. The number of halogens is 1. The van der Waals surface area contributed by atoms with Crippen LogP contribution in [0.1, 0.15) is 37.8 Å². The van der Waals surface area contributed by atoms with Gasteiger partial charge in [-0.15, -0.1) is 12.4 Å². The topological polar surface area (TPSA) is 30.5 Å². The van der Waals surface area contributed by atoms with E-state index in [9.17, 15) is 0 Å². The van der Waals surface area contributed by atoms with Crippen molar-refractivity contribution >= 4 is 12.4 Å². The summed E-state index contributed by atoms with van der Waals surface area (Å²) >= 11 is 0. The van der Waals surface area contributed by atoms with E-state index in [4.69, 9.17) is 9.47 Å². The molecule has 18 heavy (non-hydrogen) atoms. The van der Waals surface area contributed by atoms with Gasteiger partial charge in [-0.2, -0.15) is 0 Å². The molecule has 0 aromatic heterocycles. The number of benzene rings is 1. The summed E-state index contributed by atoms with van der Waals surface area (Å²) in [5.74, 6) is 1.66. The molecule has 1 atom stereocenters. The van der Waals surface area contributed by atoms with Crippen LogP contribution in [0.3, 0.4) is 0 Å². The molecule has 0 amide bonds. The predicted octanol–water partition coefficient (Wildman–Crippen LogP) is 3.33. The van der Waals surface area contributed by atoms with Crippen LogP contribution in [0, 0.1) is 0 Å². The second-order valence-electron chi connectivity index (χ2n) is 4.35. The Balaban J connectivity index is 0.00000162. The molecule has 1 aliphatic heterocycles. The molecule has 1 saturated heterocycles. The monoisotopic (exact) mass is 271 g/mol. The van der Waals surface area contributed by atoms with E-state index in [0.29, 0.717) is 12.6 Å². The van der Waals surface area contributed by atoms with Gasteiger partial charge in [-0.1, -0.05) is 12.5 Å². The van der Waals surface area contributed by atoms with Gasteiger partial charge >= 0.3 is 0 Å². The van der Waals surface area contributed by atoms with E-state index >= 15 is 0 Å². The lowest BCUT2D eigenvalue weighted by Gasteiger charge is -2.24. The first-order chi connectivity index (χ1) is 8.35. The maximum Gasteiger partial charge on any atom is 0.161 e. The molecule has 102 valence electrons. The second-order valence-corrected chi connectivity index (χ2v) is 4.35. The summed E-state index contributed by atoms with van der Waals surface area (Å²) in [6.45, 7) is 3.77. The second kappa shape index (κ2) is 7.49. The Labute approximate surface area is 115 Å². The van der Waals surface area contributed by atoms with Crippen molar-refractivity contribution in [3.63, 3.8) is 0 Å². The first-order valence-corrected chi connectivity index (χ1v) is 6.39. The summed E-state index contributed by atoms with van der Waals surface area (Å²) in [5, 5.41) is 3.55. The van der Waals surface area contributed by atoms with Crippen molar-refractivity contribution in [1.29, 1.82) is 0 Å². The van der Waals surface area contributed by atoms with Crippen molar-refractivity contribution < 1.29 is 9.47 Å². The minimum absolute atomic E-state index is 0. The number of ether oxygens (including phenoxy) is 2. The van der Waals surface area contributed by atoms with E-state index in [0.717, 1.165) is 18.0 Å². The SMILES string of the molecule is CCOc1cc([C@H]2CCCCN2)ccc1OC.Cl. The van der Waals surface area contributed by atoms with Gasteiger partial charge < -0.3 is 14.8 Å². The molecule has 0 radical (unpaired) electrons. The van der Waals surface area contributed by atoms with Crippen LogP contribution in [-0.2, 0) is 0 Å². The summed E-state index contributed by atoms with van der Waals surface area (Å²) in [6, 6.07) is 6.69. The van der Waals surface area contributed by atoms with Crippen molar-refractivity contribution in [2.45, 2.75) is 32.2 Å². The van der Waals surface area contributed by atoms with Gasteiger partial charge in [-0.3, -0.25) is 0 Å². The molecule has 2 rings (SSSR count). The highest BCUT2D eigenvalue weighted by Crippen LogP contribution is 2.32. The molecule has 1 N–H and O–H groups in total.